The van der Waals surface area contributed by atoms with Crippen LogP contribution in [0.3, 0.4) is 0 Å². The second kappa shape index (κ2) is 11.7. The Balaban J connectivity index is 1.37. The summed E-state index contributed by atoms with van der Waals surface area (Å²) in [5, 5.41) is 5.32. The zero-order valence-electron chi connectivity index (χ0n) is 23.1. The predicted octanol–water partition coefficient (Wildman–Crippen LogP) is 6.28. The van der Waals surface area contributed by atoms with Crippen molar-refractivity contribution < 1.29 is 35.9 Å². The fourth-order valence-corrected chi connectivity index (χ4v) is 5.28. The fraction of sp³-hybridized carbons (Fsp3) is 0.300. The van der Waals surface area contributed by atoms with Crippen LogP contribution in [-0.2, 0) is 23.6 Å². The Kier molecular flexibility index (Phi) is 8.19. The van der Waals surface area contributed by atoms with Gasteiger partial charge in [0.05, 0.1) is 22.6 Å². The number of aromatic nitrogens is 4. The molecule has 1 unspecified atom stereocenters. The molecule has 0 saturated carbocycles. The number of likely N-dealkylation sites (tertiary alicyclic amines) is 1. The Morgan fingerprint density at radius 2 is 1.66 bits per heavy atom. The number of hydrogen-bond acceptors (Lipinski definition) is 6. The number of piperidine rings is 1. The van der Waals surface area contributed by atoms with Crippen molar-refractivity contribution in [3.8, 4) is 11.3 Å². The number of nitrogens with two attached hydrogens (primary N) is 1. The molecule has 0 aliphatic carbocycles. The van der Waals surface area contributed by atoms with Gasteiger partial charge in [0, 0.05) is 30.6 Å². The van der Waals surface area contributed by atoms with Crippen LogP contribution in [0.1, 0.15) is 52.4 Å². The standard InChI is InChI=1S/C30H26F6N6O2/c1-2-24(44)41-11-3-4-22(15-41)42-28-25(27(37)38-16-39-28)26(40-42)18-8-5-17(6-9-18)7-10-23(43)19-12-20(29(31,32)33)14-21(13-19)30(34,35)36/h2,5-6,8-9,12-14,16,22H,1,3-4,7,10-11,15H2,(H2,37,38,39). The zero-order valence-corrected chi connectivity index (χ0v) is 23.1. The van der Waals surface area contributed by atoms with Crippen molar-refractivity contribution in [3.05, 3.63) is 83.7 Å². The van der Waals surface area contributed by atoms with Gasteiger partial charge in [-0.1, -0.05) is 30.8 Å². The SMILES string of the molecule is C=CC(=O)N1CCCC(n2nc(-c3ccc(CCC(=O)c4cc(C(F)(F)F)cc(C(F)(F)F)c4)cc3)c3c(N)ncnc32)C1. The quantitative estimate of drug-likeness (QED) is 0.149. The van der Waals surface area contributed by atoms with Gasteiger partial charge in [0.15, 0.2) is 11.4 Å². The minimum atomic E-state index is -5.04. The van der Waals surface area contributed by atoms with Gasteiger partial charge in [-0.2, -0.15) is 31.4 Å². The summed E-state index contributed by atoms with van der Waals surface area (Å²) in [5.74, 6) is -0.819. The first-order chi connectivity index (χ1) is 20.8. The largest absolute Gasteiger partial charge is 0.416 e. The molecule has 2 aromatic heterocycles. The van der Waals surface area contributed by atoms with Gasteiger partial charge in [-0.15, -0.1) is 0 Å². The minimum absolute atomic E-state index is 0.0105. The molecule has 0 bridgehead atoms. The van der Waals surface area contributed by atoms with Crippen LogP contribution in [0.5, 0.6) is 0 Å². The number of carbonyl (C=O) groups excluding carboxylic acids is 2. The van der Waals surface area contributed by atoms with Crippen molar-refractivity contribution in [2.24, 2.45) is 0 Å². The average molecular weight is 617 g/mol. The average Bonchev–Trinajstić information content (AvgIpc) is 3.39. The van der Waals surface area contributed by atoms with Gasteiger partial charge >= 0.3 is 12.4 Å². The number of rotatable bonds is 7. The lowest BCUT2D eigenvalue weighted by Gasteiger charge is -2.32. The topological polar surface area (TPSA) is 107 Å². The van der Waals surface area contributed by atoms with Gasteiger partial charge in [0.1, 0.15) is 17.8 Å². The highest BCUT2D eigenvalue weighted by Gasteiger charge is 2.37. The number of benzene rings is 2. The Bertz CT molecular complexity index is 1700. The summed E-state index contributed by atoms with van der Waals surface area (Å²) in [7, 11) is 0. The van der Waals surface area contributed by atoms with Crippen molar-refractivity contribution in [2.75, 3.05) is 18.8 Å². The number of fused-ring (bicyclic) bond motifs is 1. The summed E-state index contributed by atoms with van der Waals surface area (Å²) in [6, 6.07) is 7.51. The van der Waals surface area contributed by atoms with E-state index in [1.54, 1.807) is 33.8 Å². The number of anilines is 1. The fourth-order valence-electron chi connectivity index (χ4n) is 5.28. The summed E-state index contributed by atoms with van der Waals surface area (Å²) in [6.45, 7) is 4.57. The number of alkyl halides is 6. The van der Waals surface area contributed by atoms with Crippen LogP contribution < -0.4 is 5.73 Å². The molecule has 5 rings (SSSR count). The summed E-state index contributed by atoms with van der Waals surface area (Å²) in [5.41, 5.74) is 4.75. The van der Waals surface area contributed by atoms with Crippen LogP contribution in [0.2, 0.25) is 0 Å². The Morgan fingerprint density at radius 1 is 1.00 bits per heavy atom. The zero-order chi connectivity index (χ0) is 31.8. The second-order valence-electron chi connectivity index (χ2n) is 10.4. The van der Waals surface area contributed by atoms with E-state index in [9.17, 15) is 35.9 Å². The number of nitrogen functional groups attached to an aromatic ring is 1. The van der Waals surface area contributed by atoms with Crippen molar-refractivity contribution >= 4 is 28.5 Å². The third kappa shape index (κ3) is 6.29. The molecule has 0 spiro atoms. The molecule has 3 heterocycles. The number of amides is 1. The van der Waals surface area contributed by atoms with E-state index in [1.807, 2.05) is 0 Å². The maximum absolute atomic E-state index is 13.2. The molecule has 1 saturated heterocycles. The molecule has 2 N–H and O–H groups in total. The van der Waals surface area contributed by atoms with Gasteiger partial charge in [-0.05, 0) is 49.1 Å². The summed E-state index contributed by atoms with van der Waals surface area (Å²) >= 11 is 0. The second-order valence-corrected chi connectivity index (χ2v) is 10.4. The highest BCUT2D eigenvalue weighted by atomic mass is 19.4. The molecule has 1 fully saturated rings. The van der Waals surface area contributed by atoms with E-state index in [2.05, 4.69) is 16.5 Å². The Morgan fingerprint density at radius 3 is 2.27 bits per heavy atom. The van der Waals surface area contributed by atoms with E-state index in [1.165, 1.54) is 12.4 Å². The molecule has 2 aromatic carbocycles. The molecule has 0 radical (unpaired) electrons. The molecule has 4 aromatic rings. The van der Waals surface area contributed by atoms with Crippen LogP contribution in [0.4, 0.5) is 32.2 Å². The Hall–Kier alpha value is -4.75. The van der Waals surface area contributed by atoms with Crippen LogP contribution in [0.15, 0.2) is 61.4 Å². The third-order valence-electron chi connectivity index (χ3n) is 7.52. The van der Waals surface area contributed by atoms with Crippen molar-refractivity contribution in [1.29, 1.82) is 0 Å². The molecular weight excluding hydrogens is 590 g/mol. The van der Waals surface area contributed by atoms with Gasteiger partial charge in [0.2, 0.25) is 5.91 Å². The van der Waals surface area contributed by atoms with Gasteiger partial charge < -0.3 is 10.6 Å². The summed E-state index contributed by atoms with van der Waals surface area (Å²) in [4.78, 5) is 35.1. The van der Waals surface area contributed by atoms with E-state index in [-0.39, 0.29) is 36.7 Å². The number of aryl methyl sites for hydroxylation is 1. The first-order valence-corrected chi connectivity index (χ1v) is 13.6. The van der Waals surface area contributed by atoms with Crippen LogP contribution >= 0.6 is 0 Å². The number of hydrogen-bond donors (Lipinski definition) is 1. The van der Waals surface area contributed by atoms with Crippen molar-refractivity contribution in [3.63, 3.8) is 0 Å². The maximum atomic E-state index is 13.2. The van der Waals surface area contributed by atoms with Crippen LogP contribution in [0.25, 0.3) is 22.3 Å². The molecule has 1 amide bonds. The summed E-state index contributed by atoms with van der Waals surface area (Å²) in [6.07, 6.45) is -6.21. The number of ketones is 1. The third-order valence-corrected chi connectivity index (χ3v) is 7.52. The van der Waals surface area contributed by atoms with Crippen molar-refractivity contribution in [1.82, 2.24) is 24.6 Å². The molecule has 14 heteroatoms. The van der Waals surface area contributed by atoms with E-state index in [0.717, 1.165) is 12.8 Å². The van der Waals surface area contributed by atoms with Crippen molar-refractivity contribution in [2.45, 2.75) is 44.1 Å². The van der Waals surface area contributed by atoms with E-state index < -0.39 is 34.8 Å². The molecule has 1 atom stereocenters. The monoisotopic (exact) mass is 616 g/mol. The van der Waals surface area contributed by atoms with Gasteiger partial charge in [-0.3, -0.25) is 9.59 Å². The number of carbonyl (C=O) groups is 2. The lowest BCUT2D eigenvalue weighted by Crippen LogP contribution is -2.40. The molecule has 44 heavy (non-hydrogen) atoms. The first-order valence-electron chi connectivity index (χ1n) is 13.6. The van der Waals surface area contributed by atoms with E-state index >= 15 is 0 Å². The Labute approximate surface area is 247 Å². The minimum Gasteiger partial charge on any atom is -0.383 e. The van der Waals surface area contributed by atoms with Crippen LogP contribution in [0, 0.1) is 0 Å². The lowest BCUT2D eigenvalue weighted by atomic mass is 9.97. The molecular formula is C30H26F6N6O2. The number of Topliss-reactive ketones (excluding diaryl/α,β-unsaturated/α-hetero) is 1. The molecule has 230 valence electrons. The first kappa shape index (κ1) is 30.7. The molecule has 1 aliphatic heterocycles. The highest BCUT2D eigenvalue weighted by Crippen LogP contribution is 2.37. The maximum Gasteiger partial charge on any atom is 0.416 e. The lowest BCUT2D eigenvalue weighted by molar-refractivity contribution is -0.143. The highest BCUT2D eigenvalue weighted by molar-refractivity contribution is 5.98. The molecule has 1 aliphatic rings. The van der Waals surface area contributed by atoms with Gasteiger partial charge in [-0.25, -0.2) is 14.6 Å². The normalized spacial score (nSPS) is 15.9. The van der Waals surface area contributed by atoms with Gasteiger partial charge in [0.25, 0.3) is 0 Å². The van der Waals surface area contributed by atoms with Crippen LogP contribution in [-0.4, -0.2) is 49.4 Å². The number of nitrogens with zero attached hydrogens (tertiary/aromatic N) is 5. The number of halogens is 6. The van der Waals surface area contributed by atoms with E-state index in [4.69, 9.17) is 10.8 Å². The predicted molar refractivity (Wildman–Crippen MR) is 149 cm³/mol. The summed E-state index contributed by atoms with van der Waals surface area (Å²) < 4.78 is 80.9. The molecule has 8 nitrogen and oxygen atoms in total. The smallest absolute Gasteiger partial charge is 0.383 e. The van der Waals surface area contributed by atoms with E-state index in [0.29, 0.717) is 53.1 Å².